The Hall–Kier alpha value is 0.0500. The fraction of sp³-hybridized carbons (Fsp3) is 0.538. The highest BCUT2D eigenvalue weighted by atomic mass is 79.9. The number of nitrogens with zero attached hydrogens (tertiary/aromatic N) is 2. The van der Waals surface area contributed by atoms with Crippen LogP contribution in [0.15, 0.2) is 32.0 Å². The van der Waals surface area contributed by atoms with Gasteiger partial charge in [0.15, 0.2) is 0 Å². The van der Waals surface area contributed by atoms with Crippen molar-refractivity contribution in [3.05, 3.63) is 27.1 Å². The molecule has 112 valence electrons. The molecule has 0 amide bonds. The van der Waals surface area contributed by atoms with E-state index in [4.69, 9.17) is 0 Å². The number of hydrogen-bond donors (Lipinski definition) is 0. The van der Waals surface area contributed by atoms with Gasteiger partial charge in [-0.3, -0.25) is 0 Å². The second-order valence-corrected chi connectivity index (χ2v) is 8.87. The molecule has 1 aliphatic heterocycles. The minimum absolute atomic E-state index is 0.285. The van der Waals surface area contributed by atoms with Crippen LogP contribution in [0.5, 0.6) is 0 Å². The summed E-state index contributed by atoms with van der Waals surface area (Å²) in [4.78, 5) is 2.43. The first kappa shape index (κ1) is 16.4. The predicted octanol–water partition coefficient (Wildman–Crippen LogP) is 2.93. The Morgan fingerprint density at radius 2 is 2.00 bits per heavy atom. The van der Waals surface area contributed by atoms with Crippen molar-refractivity contribution >= 4 is 41.9 Å². The molecule has 0 saturated carbocycles. The minimum Gasteiger partial charge on any atom is -0.305 e. The average molecular weight is 426 g/mol. The summed E-state index contributed by atoms with van der Waals surface area (Å²) in [5, 5.41) is 0. The zero-order valence-corrected chi connectivity index (χ0v) is 15.5. The van der Waals surface area contributed by atoms with E-state index in [1.54, 1.807) is 22.5 Å². The lowest BCUT2D eigenvalue weighted by atomic mass is 10.1. The Morgan fingerprint density at radius 3 is 2.60 bits per heavy atom. The van der Waals surface area contributed by atoms with Gasteiger partial charge < -0.3 is 4.90 Å². The number of piperidine rings is 1. The first-order valence-electron chi connectivity index (χ1n) is 6.44. The Kier molecular flexibility index (Phi) is 5.29. The van der Waals surface area contributed by atoms with E-state index >= 15 is 0 Å². The highest BCUT2D eigenvalue weighted by Gasteiger charge is 2.32. The number of rotatable bonds is 3. The molecule has 1 unspecified atom stereocenters. The summed E-state index contributed by atoms with van der Waals surface area (Å²) in [6, 6.07) is 5.45. The second-order valence-electron chi connectivity index (χ2n) is 5.20. The lowest BCUT2D eigenvalue weighted by Crippen LogP contribution is -2.47. The average Bonchev–Trinajstić information content (AvgIpc) is 2.38. The van der Waals surface area contributed by atoms with Crippen molar-refractivity contribution in [2.45, 2.75) is 23.8 Å². The zero-order chi connectivity index (χ0) is 14.9. The fourth-order valence-electron chi connectivity index (χ4n) is 2.38. The highest BCUT2D eigenvalue weighted by molar-refractivity contribution is 9.11. The standard InChI is InChI=1S/C13H18Br2N2O2S/c1-16(2)11-4-3-7-17(9-11)20(18,19)13-6-5-10(14)8-12(13)15/h5-6,8,11H,3-4,7,9H2,1-2H3. The van der Waals surface area contributed by atoms with E-state index in [9.17, 15) is 8.42 Å². The van der Waals surface area contributed by atoms with Gasteiger partial charge in [-0.15, -0.1) is 0 Å². The molecule has 1 saturated heterocycles. The molecule has 1 heterocycles. The third-order valence-corrected chi connectivity index (χ3v) is 6.94. The van der Waals surface area contributed by atoms with E-state index in [1.807, 2.05) is 14.1 Å². The van der Waals surface area contributed by atoms with Crippen LogP contribution >= 0.6 is 31.9 Å². The van der Waals surface area contributed by atoms with Gasteiger partial charge in [0.1, 0.15) is 0 Å². The fourth-order valence-corrected chi connectivity index (χ4v) is 5.61. The maximum Gasteiger partial charge on any atom is 0.244 e. The van der Waals surface area contributed by atoms with Crippen LogP contribution in [0, 0.1) is 0 Å². The molecule has 1 atom stereocenters. The maximum absolute atomic E-state index is 12.7. The summed E-state index contributed by atoms with van der Waals surface area (Å²) in [5.74, 6) is 0. The molecule has 0 spiro atoms. The first-order chi connectivity index (χ1) is 9.32. The Balaban J connectivity index is 2.30. The molecule has 1 aromatic carbocycles. The van der Waals surface area contributed by atoms with E-state index in [0.717, 1.165) is 17.3 Å². The van der Waals surface area contributed by atoms with Crippen LogP contribution in [0.1, 0.15) is 12.8 Å². The molecule has 20 heavy (non-hydrogen) atoms. The molecular formula is C13H18Br2N2O2S. The number of halogens is 2. The molecule has 2 rings (SSSR count). The molecule has 1 aliphatic rings. The van der Waals surface area contributed by atoms with Crippen molar-refractivity contribution in [2.75, 3.05) is 27.2 Å². The summed E-state index contributed by atoms with van der Waals surface area (Å²) >= 11 is 6.69. The van der Waals surface area contributed by atoms with Gasteiger partial charge in [-0.1, -0.05) is 15.9 Å². The summed E-state index contributed by atoms with van der Waals surface area (Å²) in [5.41, 5.74) is 0. The van der Waals surface area contributed by atoms with Crippen LogP contribution in [0.25, 0.3) is 0 Å². The van der Waals surface area contributed by atoms with Gasteiger partial charge in [0, 0.05) is 28.1 Å². The van der Waals surface area contributed by atoms with Crippen LogP contribution < -0.4 is 0 Å². The maximum atomic E-state index is 12.7. The topological polar surface area (TPSA) is 40.6 Å². The van der Waals surface area contributed by atoms with Crippen LogP contribution in [0.3, 0.4) is 0 Å². The molecule has 0 N–H and O–H groups in total. The molecule has 0 radical (unpaired) electrons. The second kappa shape index (κ2) is 6.44. The van der Waals surface area contributed by atoms with Gasteiger partial charge >= 0.3 is 0 Å². The van der Waals surface area contributed by atoms with Crippen molar-refractivity contribution in [3.63, 3.8) is 0 Å². The molecule has 4 nitrogen and oxygen atoms in total. The minimum atomic E-state index is -3.44. The van der Waals surface area contributed by atoms with E-state index in [-0.39, 0.29) is 6.04 Å². The number of hydrogen-bond acceptors (Lipinski definition) is 3. The SMILES string of the molecule is CN(C)C1CCCN(S(=O)(=O)c2ccc(Br)cc2Br)C1. The third-order valence-electron chi connectivity index (χ3n) is 3.60. The molecule has 7 heteroatoms. The van der Waals surface area contributed by atoms with Crippen molar-refractivity contribution in [2.24, 2.45) is 0 Å². The molecular weight excluding hydrogens is 408 g/mol. The van der Waals surface area contributed by atoms with Crippen molar-refractivity contribution in [3.8, 4) is 0 Å². The van der Waals surface area contributed by atoms with Gasteiger partial charge in [-0.05, 0) is 61.1 Å². The summed E-state index contributed by atoms with van der Waals surface area (Å²) in [6.45, 7) is 1.15. The third kappa shape index (κ3) is 3.44. The highest BCUT2D eigenvalue weighted by Crippen LogP contribution is 2.29. The van der Waals surface area contributed by atoms with E-state index in [2.05, 4.69) is 36.8 Å². The molecule has 0 bridgehead atoms. The number of likely N-dealkylation sites (N-methyl/N-ethyl adjacent to an activating group) is 1. The van der Waals surface area contributed by atoms with Crippen LogP contribution in [0.4, 0.5) is 0 Å². The van der Waals surface area contributed by atoms with E-state index in [1.165, 1.54) is 0 Å². The molecule has 1 aromatic rings. The lowest BCUT2D eigenvalue weighted by Gasteiger charge is -2.35. The predicted molar refractivity (Wildman–Crippen MR) is 87.3 cm³/mol. The number of benzene rings is 1. The summed E-state index contributed by atoms with van der Waals surface area (Å²) in [6.07, 6.45) is 1.94. The lowest BCUT2D eigenvalue weighted by molar-refractivity contribution is 0.190. The molecule has 1 fully saturated rings. The van der Waals surface area contributed by atoms with Gasteiger partial charge in [0.25, 0.3) is 0 Å². The van der Waals surface area contributed by atoms with Crippen molar-refractivity contribution in [1.82, 2.24) is 9.21 Å². The first-order valence-corrected chi connectivity index (χ1v) is 9.46. The summed E-state index contributed by atoms with van der Waals surface area (Å²) < 4.78 is 28.5. The van der Waals surface area contributed by atoms with Crippen molar-refractivity contribution < 1.29 is 8.42 Å². The largest absolute Gasteiger partial charge is 0.305 e. The molecule has 0 aromatic heterocycles. The van der Waals surface area contributed by atoms with Crippen molar-refractivity contribution in [1.29, 1.82) is 0 Å². The normalized spacial score (nSPS) is 21.4. The number of sulfonamides is 1. The van der Waals surface area contributed by atoms with Gasteiger partial charge in [-0.25, -0.2) is 8.42 Å². The van der Waals surface area contributed by atoms with Crippen LogP contribution in [-0.2, 0) is 10.0 Å². The smallest absolute Gasteiger partial charge is 0.244 e. The zero-order valence-electron chi connectivity index (χ0n) is 11.5. The quantitative estimate of drug-likeness (QED) is 0.747. The Labute approximate surface area is 137 Å². The van der Waals surface area contributed by atoms with Crippen LogP contribution in [0.2, 0.25) is 0 Å². The molecule has 0 aliphatic carbocycles. The van der Waals surface area contributed by atoms with Gasteiger partial charge in [0.05, 0.1) is 4.90 Å². The summed E-state index contributed by atoms with van der Waals surface area (Å²) in [7, 11) is 0.556. The Bertz CT molecular complexity index is 590. The van der Waals surface area contributed by atoms with E-state index in [0.29, 0.717) is 22.5 Å². The van der Waals surface area contributed by atoms with Gasteiger partial charge in [-0.2, -0.15) is 4.31 Å². The monoisotopic (exact) mass is 424 g/mol. The van der Waals surface area contributed by atoms with Crippen LogP contribution in [-0.4, -0.2) is 50.8 Å². The van der Waals surface area contributed by atoms with E-state index < -0.39 is 10.0 Å². The van der Waals surface area contributed by atoms with Gasteiger partial charge in [0.2, 0.25) is 10.0 Å². The Morgan fingerprint density at radius 1 is 1.30 bits per heavy atom.